The van der Waals surface area contributed by atoms with Crippen LogP contribution in [0.1, 0.15) is 27.2 Å². The van der Waals surface area contributed by atoms with Crippen molar-refractivity contribution in [2.24, 2.45) is 4.99 Å². The smallest absolute Gasteiger partial charge is 0.191 e. The highest BCUT2D eigenvalue weighted by Gasteiger charge is 2.11. The first-order chi connectivity index (χ1) is 9.11. The molecule has 2 N–H and O–H groups in total. The molecule has 0 aliphatic carbocycles. The number of likely N-dealkylation sites (N-methyl/N-ethyl adjacent to an activating group) is 1. The van der Waals surface area contributed by atoms with Crippen LogP contribution in [0.25, 0.3) is 0 Å². The van der Waals surface area contributed by atoms with Crippen molar-refractivity contribution >= 4 is 5.96 Å². The fraction of sp³-hybridized carbons (Fsp3) is 0.929. The average molecular weight is 269 g/mol. The molecule has 0 bridgehead atoms. The summed E-state index contributed by atoms with van der Waals surface area (Å²) in [5.74, 6) is 0.935. The zero-order valence-electron chi connectivity index (χ0n) is 13.1. The average Bonchev–Trinajstić information content (AvgIpc) is 2.54. The maximum atomic E-state index is 4.64. The summed E-state index contributed by atoms with van der Waals surface area (Å²) in [6.45, 7) is 14.0. The number of nitrogens with zero attached hydrogens (tertiary/aromatic N) is 3. The Morgan fingerprint density at radius 1 is 1.21 bits per heavy atom. The molecule has 5 nitrogen and oxygen atoms in total. The van der Waals surface area contributed by atoms with E-state index in [4.69, 9.17) is 0 Å². The molecule has 0 saturated carbocycles. The van der Waals surface area contributed by atoms with Crippen LogP contribution >= 0.6 is 0 Å². The number of guanidine groups is 1. The third kappa shape index (κ3) is 7.38. The Balaban J connectivity index is 2.32. The quantitative estimate of drug-likeness (QED) is 0.566. The van der Waals surface area contributed by atoms with E-state index in [2.05, 4.69) is 53.2 Å². The Labute approximate surface area is 118 Å². The summed E-state index contributed by atoms with van der Waals surface area (Å²) in [5, 5.41) is 6.63. The fourth-order valence-corrected chi connectivity index (χ4v) is 2.22. The van der Waals surface area contributed by atoms with Crippen molar-refractivity contribution in [2.75, 3.05) is 52.9 Å². The summed E-state index contributed by atoms with van der Waals surface area (Å²) in [6.07, 6.45) is 1.27. The molecule has 5 heteroatoms. The van der Waals surface area contributed by atoms with Crippen LogP contribution in [0.2, 0.25) is 0 Å². The monoisotopic (exact) mass is 269 g/mol. The molecule has 0 aromatic heterocycles. The van der Waals surface area contributed by atoms with E-state index in [0.29, 0.717) is 6.04 Å². The lowest BCUT2D eigenvalue weighted by atomic mass is 10.4. The van der Waals surface area contributed by atoms with E-state index in [9.17, 15) is 0 Å². The Morgan fingerprint density at radius 3 is 2.68 bits per heavy atom. The number of hydrogen-bond donors (Lipinski definition) is 2. The Kier molecular flexibility index (Phi) is 7.82. The van der Waals surface area contributed by atoms with Crippen molar-refractivity contribution < 1.29 is 0 Å². The zero-order valence-corrected chi connectivity index (χ0v) is 13.1. The number of aliphatic imine (C=N–C) groups is 1. The lowest BCUT2D eigenvalue weighted by Gasteiger charge is -2.19. The van der Waals surface area contributed by atoms with Gasteiger partial charge in [0.15, 0.2) is 5.96 Å². The van der Waals surface area contributed by atoms with Gasteiger partial charge >= 0.3 is 0 Å². The van der Waals surface area contributed by atoms with Gasteiger partial charge in [0.25, 0.3) is 0 Å². The molecule has 0 aromatic rings. The molecule has 1 fully saturated rings. The van der Waals surface area contributed by atoms with E-state index in [-0.39, 0.29) is 0 Å². The molecule has 0 atom stereocenters. The molecular weight excluding hydrogens is 238 g/mol. The number of rotatable bonds is 5. The van der Waals surface area contributed by atoms with Gasteiger partial charge in [-0.15, -0.1) is 0 Å². The number of hydrogen-bond acceptors (Lipinski definition) is 3. The molecule has 1 rings (SSSR count). The minimum atomic E-state index is 0.421. The van der Waals surface area contributed by atoms with Gasteiger partial charge in [0, 0.05) is 32.2 Å². The summed E-state index contributed by atoms with van der Waals surface area (Å²) >= 11 is 0. The Hall–Kier alpha value is -0.810. The van der Waals surface area contributed by atoms with Crippen molar-refractivity contribution in [1.82, 2.24) is 20.4 Å². The van der Waals surface area contributed by atoms with Crippen molar-refractivity contribution in [3.63, 3.8) is 0 Å². The van der Waals surface area contributed by atoms with Gasteiger partial charge in [-0.2, -0.15) is 0 Å². The first-order valence-corrected chi connectivity index (χ1v) is 7.57. The highest BCUT2D eigenvalue weighted by atomic mass is 15.2. The van der Waals surface area contributed by atoms with Crippen LogP contribution in [-0.2, 0) is 0 Å². The number of nitrogens with one attached hydrogen (secondary N) is 2. The summed E-state index contributed by atoms with van der Waals surface area (Å²) in [5.41, 5.74) is 0. The van der Waals surface area contributed by atoms with Crippen LogP contribution in [0.3, 0.4) is 0 Å². The summed E-state index contributed by atoms with van der Waals surface area (Å²) in [6, 6.07) is 0.421. The maximum absolute atomic E-state index is 4.64. The SMILES string of the molecule is CCNC(=NCCN1CCCN(C)CC1)NC(C)C. The second kappa shape index (κ2) is 9.15. The third-order valence-corrected chi connectivity index (χ3v) is 3.27. The third-order valence-electron chi connectivity index (χ3n) is 3.27. The summed E-state index contributed by atoms with van der Waals surface area (Å²) < 4.78 is 0. The van der Waals surface area contributed by atoms with Crippen LogP contribution in [0.4, 0.5) is 0 Å². The summed E-state index contributed by atoms with van der Waals surface area (Å²) in [7, 11) is 2.21. The van der Waals surface area contributed by atoms with E-state index in [1.807, 2.05) is 0 Å². The van der Waals surface area contributed by atoms with Gasteiger partial charge in [0.2, 0.25) is 0 Å². The van der Waals surface area contributed by atoms with Crippen molar-refractivity contribution in [1.29, 1.82) is 0 Å². The molecular formula is C14H31N5. The maximum Gasteiger partial charge on any atom is 0.191 e. The molecule has 0 spiro atoms. The lowest BCUT2D eigenvalue weighted by Crippen LogP contribution is -2.41. The van der Waals surface area contributed by atoms with E-state index in [1.165, 1.54) is 32.6 Å². The van der Waals surface area contributed by atoms with Crippen molar-refractivity contribution in [3.05, 3.63) is 0 Å². The Morgan fingerprint density at radius 2 is 2.00 bits per heavy atom. The largest absolute Gasteiger partial charge is 0.357 e. The predicted molar refractivity (Wildman–Crippen MR) is 82.8 cm³/mol. The molecule has 19 heavy (non-hydrogen) atoms. The van der Waals surface area contributed by atoms with Gasteiger partial charge < -0.3 is 20.4 Å². The molecule has 112 valence electrons. The minimum absolute atomic E-state index is 0.421. The highest BCUT2D eigenvalue weighted by molar-refractivity contribution is 5.79. The van der Waals surface area contributed by atoms with Gasteiger partial charge in [-0.1, -0.05) is 0 Å². The van der Waals surface area contributed by atoms with Crippen LogP contribution < -0.4 is 10.6 Å². The van der Waals surface area contributed by atoms with Crippen LogP contribution in [0, 0.1) is 0 Å². The predicted octanol–water partition coefficient (Wildman–Crippen LogP) is 0.587. The van der Waals surface area contributed by atoms with Gasteiger partial charge in [0.1, 0.15) is 0 Å². The molecule has 1 aliphatic rings. The molecule has 1 heterocycles. The Bertz CT molecular complexity index is 265. The van der Waals surface area contributed by atoms with E-state index >= 15 is 0 Å². The van der Waals surface area contributed by atoms with Crippen molar-refractivity contribution in [2.45, 2.75) is 33.2 Å². The minimum Gasteiger partial charge on any atom is -0.357 e. The highest BCUT2D eigenvalue weighted by Crippen LogP contribution is 2.00. The standard InChI is InChI=1S/C14H31N5/c1-5-15-14(17-13(2)3)16-7-10-19-9-6-8-18(4)11-12-19/h13H,5-12H2,1-4H3,(H2,15,16,17). The van der Waals surface area contributed by atoms with E-state index < -0.39 is 0 Å². The lowest BCUT2D eigenvalue weighted by molar-refractivity contribution is 0.283. The first kappa shape index (κ1) is 16.2. The zero-order chi connectivity index (χ0) is 14.1. The van der Waals surface area contributed by atoms with Gasteiger partial charge in [0.05, 0.1) is 6.54 Å². The van der Waals surface area contributed by atoms with Crippen LogP contribution in [0.5, 0.6) is 0 Å². The van der Waals surface area contributed by atoms with E-state index in [0.717, 1.165) is 25.6 Å². The normalized spacial score (nSPS) is 19.5. The first-order valence-electron chi connectivity index (χ1n) is 7.57. The van der Waals surface area contributed by atoms with Gasteiger partial charge in [-0.05, 0) is 47.3 Å². The topological polar surface area (TPSA) is 42.9 Å². The molecule has 1 aliphatic heterocycles. The molecule has 0 amide bonds. The van der Waals surface area contributed by atoms with Gasteiger partial charge in [-0.3, -0.25) is 4.99 Å². The molecule has 0 aromatic carbocycles. The molecule has 0 unspecified atom stereocenters. The van der Waals surface area contributed by atoms with Crippen LogP contribution in [-0.4, -0.2) is 74.7 Å². The second-order valence-corrected chi connectivity index (χ2v) is 5.56. The van der Waals surface area contributed by atoms with Crippen molar-refractivity contribution in [3.8, 4) is 0 Å². The van der Waals surface area contributed by atoms with Gasteiger partial charge in [-0.25, -0.2) is 0 Å². The molecule has 1 saturated heterocycles. The molecule has 0 radical (unpaired) electrons. The second-order valence-electron chi connectivity index (χ2n) is 5.56. The van der Waals surface area contributed by atoms with E-state index in [1.54, 1.807) is 0 Å². The fourth-order valence-electron chi connectivity index (χ4n) is 2.22. The summed E-state index contributed by atoms with van der Waals surface area (Å²) in [4.78, 5) is 9.57. The van der Waals surface area contributed by atoms with Crippen LogP contribution in [0.15, 0.2) is 4.99 Å².